The standard InChI is InChI=1S/C29H28N2/c1-6-14-22-23-16-11-13-19-29(23)31(28(22)15-7-2)21(8-3)20-25-24-17-10-12-18-27(24)30(5)26(25)9-4/h6-20H,3-4H2,1-2,5H3/b14-6-,15-7-,21-20+. The molecule has 0 N–H and O–H groups in total. The highest BCUT2D eigenvalue weighted by Gasteiger charge is 2.17. The molecule has 0 saturated heterocycles. The second-order valence-corrected chi connectivity index (χ2v) is 7.50. The molecule has 0 fully saturated rings. The number of benzene rings is 2. The monoisotopic (exact) mass is 404 g/mol. The molecule has 0 amide bonds. The molecule has 154 valence electrons. The largest absolute Gasteiger partial charge is 0.344 e. The van der Waals surface area contributed by atoms with Crippen molar-refractivity contribution >= 4 is 51.8 Å². The molecule has 0 aliphatic heterocycles. The highest BCUT2D eigenvalue weighted by molar-refractivity contribution is 6.02. The Morgan fingerprint density at radius 3 is 2.00 bits per heavy atom. The van der Waals surface area contributed by atoms with Gasteiger partial charge in [0.2, 0.25) is 0 Å². The van der Waals surface area contributed by atoms with E-state index in [1.165, 1.54) is 21.9 Å². The minimum Gasteiger partial charge on any atom is -0.344 e. The molecule has 0 bridgehead atoms. The fourth-order valence-electron chi connectivity index (χ4n) is 4.43. The van der Waals surface area contributed by atoms with Gasteiger partial charge in [-0.2, -0.15) is 0 Å². The van der Waals surface area contributed by atoms with Crippen molar-refractivity contribution in [1.29, 1.82) is 0 Å². The Morgan fingerprint density at radius 2 is 1.39 bits per heavy atom. The first-order chi connectivity index (χ1) is 15.2. The summed E-state index contributed by atoms with van der Waals surface area (Å²) in [6.07, 6.45) is 14.6. The van der Waals surface area contributed by atoms with Crippen molar-refractivity contribution in [3.05, 3.63) is 102 Å². The maximum absolute atomic E-state index is 4.18. The number of aromatic nitrogens is 2. The van der Waals surface area contributed by atoms with E-state index < -0.39 is 0 Å². The maximum Gasteiger partial charge on any atom is 0.0541 e. The van der Waals surface area contributed by atoms with Gasteiger partial charge in [0.1, 0.15) is 0 Å². The predicted molar refractivity (Wildman–Crippen MR) is 139 cm³/mol. The number of hydrogen-bond acceptors (Lipinski definition) is 0. The van der Waals surface area contributed by atoms with Crippen molar-refractivity contribution < 1.29 is 0 Å². The van der Waals surface area contributed by atoms with Crippen molar-refractivity contribution in [2.24, 2.45) is 7.05 Å². The van der Waals surface area contributed by atoms with Gasteiger partial charge in [0.05, 0.1) is 11.2 Å². The highest BCUT2D eigenvalue weighted by atomic mass is 15.0. The number of allylic oxidation sites excluding steroid dienone is 4. The zero-order chi connectivity index (χ0) is 22.0. The van der Waals surface area contributed by atoms with Gasteiger partial charge in [0, 0.05) is 45.9 Å². The molecule has 2 heterocycles. The topological polar surface area (TPSA) is 9.86 Å². The fraction of sp³-hybridized carbons (Fsp3) is 0.103. The molecule has 31 heavy (non-hydrogen) atoms. The van der Waals surface area contributed by atoms with Crippen molar-refractivity contribution in [3.8, 4) is 0 Å². The first-order valence-corrected chi connectivity index (χ1v) is 10.6. The summed E-state index contributed by atoms with van der Waals surface area (Å²) in [6.45, 7) is 12.4. The third-order valence-corrected chi connectivity index (χ3v) is 5.76. The lowest BCUT2D eigenvalue weighted by Gasteiger charge is -2.11. The summed E-state index contributed by atoms with van der Waals surface area (Å²) in [7, 11) is 2.09. The van der Waals surface area contributed by atoms with Gasteiger partial charge >= 0.3 is 0 Å². The van der Waals surface area contributed by atoms with Crippen molar-refractivity contribution in [2.75, 3.05) is 0 Å². The van der Waals surface area contributed by atoms with E-state index in [0.29, 0.717) is 0 Å². The summed E-state index contributed by atoms with van der Waals surface area (Å²) >= 11 is 0. The van der Waals surface area contributed by atoms with E-state index in [0.717, 1.165) is 28.2 Å². The van der Waals surface area contributed by atoms with E-state index in [9.17, 15) is 0 Å². The Hall–Kier alpha value is -3.78. The van der Waals surface area contributed by atoms with Crippen LogP contribution in [0.3, 0.4) is 0 Å². The quantitative estimate of drug-likeness (QED) is 0.288. The Labute approximate surface area is 184 Å². The van der Waals surface area contributed by atoms with Gasteiger partial charge in [-0.05, 0) is 50.3 Å². The molecule has 0 spiro atoms. The smallest absolute Gasteiger partial charge is 0.0541 e. The van der Waals surface area contributed by atoms with Crippen LogP contribution in [0.4, 0.5) is 0 Å². The Kier molecular flexibility index (Phi) is 5.64. The zero-order valence-electron chi connectivity index (χ0n) is 18.5. The minimum absolute atomic E-state index is 1.03. The van der Waals surface area contributed by atoms with Gasteiger partial charge in [-0.25, -0.2) is 0 Å². The van der Waals surface area contributed by atoms with Gasteiger partial charge < -0.3 is 9.13 Å². The van der Waals surface area contributed by atoms with Crippen LogP contribution in [0.2, 0.25) is 0 Å². The number of aryl methyl sites for hydroxylation is 1. The number of para-hydroxylation sites is 2. The second kappa shape index (κ2) is 8.53. The van der Waals surface area contributed by atoms with Crippen LogP contribution in [0.5, 0.6) is 0 Å². The summed E-state index contributed by atoms with van der Waals surface area (Å²) < 4.78 is 4.49. The molecule has 0 aliphatic rings. The van der Waals surface area contributed by atoms with Crippen LogP contribution >= 0.6 is 0 Å². The number of nitrogens with zero attached hydrogens (tertiary/aromatic N) is 2. The second-order valence-electron chi connectivity index (χ2n) is 7.50. The number of fused-ring (bicyclic) bond motifs is 2. The molecule has 0 aliphatic carbocycles. The third-order valence-electron chi connectivity index (χ3n) is 5.76. The SMILES string of the molecule is C=C/C(=C\c1c(C=C)n(C)c2ccccc12)n1c(/C=C\C)c(/C=C\C)c2ccccc21. The molecular formula is C29H28N2. The van der Waals surface area contributed by atoms with E-state index in [-0.39, 0.29) is 0 Å². The van der Waals surface area contributed by atoms with Gasteiger partial charge in [-0.1, -0.05) is 67.8 Å². The molecule has 2 heteroatoms. The lowest BCUT2D eigenvalue weighted by molar-refractivity contribution is 0.953. The molecule has 0 saturated carbocycles. The molecule has 2 aromatic carbocycles. The predicted octanol–water partition coefficient (Wildman–Crippen LogP) is 8.03. The van der Waals surface area contributed by atoms with E-state index in [4.69, 9.17) is 0 Å². The Bertz CT molecular complexity index is 1380. The average molecular weight is 405 g/mol. The van der Waals surface area contributed by atoms with Crippen LogP contribution in [-0.2, 0) is 7.05 Å². The minimum atomic E-state index is 1.03. The highest BCUT2D eigenvalue weighted by Crippen LogP contribution is 2.34. The van der Waals surface area contributed by atoms with Crippen molar-refractivity contribution in [3.63, 3.8) is 0 Å². The first-order valence-electron chi connectivity index (χ1n) is 10.6. The van der Waals surface area contributed by atoms with Gasteiger partial charge in [-0.3, -0.25) is 0 Å². The molecule has 2 nitrogen and oxygen atoms in total. The molecule has 0 unspecified atom stereocenters. The zero-order valence-corrected chi connectivity index (χ0v) is 18.5. The van der Waals surface area contributed by atoms with E-state index >= 15 is 0 Å². The first kappa shape index (κ1) is 20.5. The summed E-state index contributed by atoms with van der Waals surface area (Å²) in [6, 6.07) is 17.0. The fourth-order valence-corrected chi connectivity index (χ4v) is 4.43. The summed E-state index contributed by atoms with van der Waals surface area (Å²) in [5.74, 6) is 0. The molecule has 0 radical (unpaired) electrons. The van der Waals surface area contributed by atoms with Crippen LogP contribution in [0.25, 0.3) is 51.8 Å². The summed E-state index contributed by atoms with van der Waals surface area (Å²) in [4.78, 5) is 0. The average Bonchev–Trinajstić information content (AvgIpc) is 3.25. The molecular weight excluding hydrogens is 376 g/mol. The van der Waals surface area contributed by atoms with E-state index in [2.05, 4.69) is 122 Å². The molecule has 0 atom stereocenters. The molecule has 2 aromatic heterocycles. The van der Waals surface area contributed by atoms with Crippen molar-refractivity contribution in [1.82, 2.24) is 9.13 Å². The number of rotatable bonds is 6. The van der Waals surface area contributed by atoms with Crippen LogP contribution < -0.4 is 0 Å². The Morgan fingerprint density at radius 1 is 0.774 bits per heavy atom. The van der Waals surface area contributed by atoms with Crippen LogP contribution in [0.1, 0.15) is 36.4 Å². The van der Waals surface area contributed by atoms with Gasteiger partial charge in [0.15, 0.2) is 0 Å². The summed E-state index contributed by atoms with van der Waals surface area (Å²) in [5.41, 5.74) is 7.99. The van der Waals surface area contributed by atoms with Crippen molar-refractivity contribution in [2.45, 2.75) is 13.8 Å². The lowest BCUT2D eigenvalue weighted by atomic mass is 10.1. The third kappa shape index (κ3) is 3.30. The maximum atomic E-state index is 4.18. The van der Waals surface area contributed by atoms with Crippen LogP contribution in [-0.4, -0.2) is 9.13 Å². The van der Waals surface area contributed by atoms with Gasteiger partial charge in [0.25, 0.3) is 0 Å². The normalized spacial score (nSPS) is 12.5. The lowest BCUT2D eigenvalue weighted by Crippen LogP contribution is -1.98. The molecule has 4 rings (SSSR count). The number of hydrogen-bond donors (Lipinski definition) is 0. The van der Waals surface area contributed by atoms with Gasteiger partial charge in [-0.15, -0.1) is 0 Å². The Balaban J connectivity index is 2.10. The van der Waals surface area contributed by atoms with Crippen LogP contribution in [0, 0.1) is 0 Å². The van der Waals surface area contributed by atoms with Crippen LogP contribution in [0.15, 0.2) is 79.9 Å². The summed E-state index contributed by atoms with van der Waals surface area (Å²) in [5, 5.41) is 2.43. The molecule has 4 aromatic rings. The van der Waals surface area contributed by atoms with E-state index in [1.54, 1.807) is 0 Å². The van der Waals surface area contributed by atoms with E-state index in [1.807, 2.05) is 12.2 Å².